The average molecular weight is 425 g/mol. The Morgan fingerprint density at radius 2 is 1.00 bits per heavy atom. The highest BCUT2D eigenvalue weighted by Gasteiger charge is 2.45. The first-order valence-corrected chi connectivity index (χ1v) is 12.4. The van der Waals surface area contributed by atoms with E-state index in [0.29, 0.717) is 6.54 Å². The van der Waals surface area contributed by atoms with Gasteiger partial charge in [-0.25, -0.2) is 0 Å². The number of hydrogen-bond donors (Lipinski definition) is 1. The molecule has 0 saturated heterocycles. The van der Waals surface area contributed by atoms with Gasteiger partial charge in [-0.1, -0.05) is 72.8 Å². The van der Waals surface area contributed by atoms with E-state index >= 15 is 0 Å². The fourth-order valence-corrected chi connectivity index (χ4v) is 7.74. The predicted octanol–water partition coefficient (Wildman–Crippen LogP) is 5.86. The van der Waals surface area contributed by atoms with Crippen LogP contribution in [0.3, 0.4) is 0 Å². The molecule has 4 aromatic rings. The molecule has 0 aliphatic rings. The normalized spacial score (nSPS) is 11.8. The molecular weight excluding hydrogens is 397 g/mol. The minimum atomic E-state index is -2.25. The lowest BCUT2D eigenvalue weighted by Crippen LogP contribution is -2.31. The maximum atomic E-state index is 11.5. The molecule has 0 bridgehead atoms. The minimum Gasteiger partial charge on any atom is -0.492 e. The summed E-state index contributed by atoms with van der Waals surface area (Å²) in [5.74, 6) is 2.38. The number of hydrogen-bond acceptors (Lipinski definition) is 2. The van der Waals surface area contributed by atoms with Gasteiger partial charge in [-0.2, -0.15) is 0 Å². The number of nitrogens with zero attached hydrogens (tertiary/aromatic N) is 1. The Bertz CT molecular complexity index is 1020. The first-order chi connectivity index (χ1) is 15.3. The SMILES string of the molecule is CCN(/C(O)=C/[P+](c1ccccc1)(c1ccccc1)c1ccccc1)c1ccccc1. The van der Waals surface area contributed by atoms with Crippen molar-refractivity contribution in [2.75, 3.05) is 11.4 Å². The van der Waals surface area contributed by atoms with E-state index in [1.54, 1.807) is 0 Å². The Morgan fingerprint density at radius 3 is 1.35 bits per heavy atom. The molecule has 0 fully saturated rings. The van der Waals surface area contributed by atoms with Crippen LogP contribution in [0.4, 0.5) is 5.69 Å². The number of anilines is 1. The molecular formula is C28H27NOP+. The van der Waals surface area contributed by atoms with Crippen molar-refractivity contribution in [3.05, 3.63) is 133 Å². The van der Waals surface area contributed by atoms with Crippen LogP contribution in [-0.4, -0.2) is 11.7 Å². The van der Waals surface area contributed by atoms with Gasteiger partial charge in [-0.15, -0.1) is 0 Å². The molecule has 154 valence electrons. The van der Waals surface area contributed by atoms with Crippen molar-refractivity contribution >= 4 is 28.9 Å². The van der Waals surface area contributed by atoms with Crippen LogP contribution in [0.15, 0.2) is 133 Å². The summed E-state index contributed by atoms with van der Waals surface area (Å²) in [6, 6.07) is 41.7. The third-order valence-corrected chi connectivity index (χ3v) is 9.42. The Kier molecular flexibility index (Phi) is 6.50. The van der Waals surface area contributed by atoms with Crippen LogP contribution in [0.1, 0.15) is 6.92 Å². The van der Waals surface area contributed by atoms with E-state index in [-0.39, 0.29) is 5.88 Å². The Hall–Kier alpha value is -3.35. The molecule has 4 aromatic carbocycles. The number of para-hydroxylation sites is 1. The lowest BCUT2D eigenvalue weighted by Gasteiger charge is -2.27. The third-order valence-electron chi connectivity index (χ3n) is 5.46. The largest absolute Gasteiger partial charge is 0.492 e. The zero-order chi connectivity index (χ0) is 21.5. The van der Waals surface area contributed by atoms with Gasteiger partial charge in [-0.05, 0) is 55.5 Å². The molecule has 0 radical (unpaired) electrons. The molecule has 0 unspecified atom stereocenters. The van der Waals surface area contributed by atoms with E-state index < -0.39 is 7.26 Å². The summed E-state index contributed by atoms with van der Waals surface area (Å²) in [7, 11) is -2.25. The highest BCUT2D eigenvalue weighted by atomic mass is 31.2. The fraction of sp³-hybridized carbons (Fsp3) is 0.0714. The molecule has 0 spiro atoms. The van der Waals surface area contributed by atoms with Crippen LogP contribution < -0.4 is 20.8 Å². The first kappa shape index (κ1) is 20.9. The molecule has 0 saturated carbocycles. The van der Waals surface area contributed by atoms with Crippen molar-refractivity contribution in [3.63, 3.8) is 0 Å². The number of aliphatic hydroxyl groups is 1. The van der Waals surface area contributed by atoms with Gasteiger partial charge in [0, 0.05) is 12.2 Å². The molecule has 0 aliphatic heterocycles. The Morgan fingerprint density at radius 1 is 0.645 bits per heavy atom. The molecule has 0 aromatic heterocycles. The van der Waals surface area contributed by atoms with Crippen molar-refractivity contribution in [1.82, 2.24) is 0 Å². The van der Waals surface area contributed by atoms with E-state index in [1.807, 2.05) is 53.4 Å². The van der Waals surface area contributed by atoms with Crippen LogP contribution in [0.5, 0.6) is 0 Å². The topological polar surface area (TPSA) is 23.5 Å². The Balaban J connectivity index is 1.99. The highest BCUT2D eigenvalue weighted by molar-refractivity contribution is 7.98. The van der Waals surface area contributed by atoms with Crippen molar-refractivity contribution in [3.8, 4) is 0 Å². The quantitative estimate of drug-likeness (QED) is 0.297. The second-order valence-electron chi connectivity index (χ2n) is 7.30. The molecule has 2 nitrogen and oxygen atoms in total. The zero-order valence-corrected chi connectivity index (χ0v) is 18.6. The van der Waals surface area contributed by atoms with Crippen LogP contribution in [-0.2, 0) is 0 Å². The van der Waals surface area contributed by atoms with E-state index in [2.05, 4.69) is 85.5 Å². The monoisotopic (exact) mass is 424 g/mol. The standard InChI is InChI=1S/C28H26NOP/c1-2-29(24-15-7-3-8-16-24)28(30)23-31(25-17-9-4-10-18-25,26-19-11-5-12-20-26)27-21-13-6-14-22-27/h3-23H,2H2,1H3/p+1/b28-23-. The number of rotatable bonds is 7. The van der Waals surface area contributed by atoms with Gasteiger partial charge in [0.05, 0.1) is 0 Å². The molecule has 0 aliphatic carbocycles. The van der Waals surface area contributed by atoms with Crippen LogP contribution in [0.25, 0.3) is 0 Å². The summed E-state index contributed by atoms with van der Waals surface area (Å²) < 4.78 is 0. The van der Waals surface area contributed by atoms with Gasteiger partial charge in [0.2, 0.25) is 5.88 Å². The lowest BCUT2D eigenvalue weighted by molar-refractivity contribution is 0.393. The van der Waals surface area contributed by atoms with Crippen molar-refractivity contribution < 1.29 is 5.11 Å². The number of benzene rings is 4. The van der Waals surface area contributed by atoms with Gasteiger partial charge in [0.25, 0.3) is 0 Å². The lowest BCUT2D eigenvalue weighted by atomic mass is 10.3. The zero-order valence-electron chi connectivity index (χ0n) is 17.7. The summed E-state index contributed by atoms with van der Waals surface area (Å²) >= 11 is 0. The van der Waals surface area contributed by atoms with Gasteiger partial charge in [-0.3, -0.25) is 0 Å². The summed E-state index contributed by atoms with van der Waals surface area (Å²) in [6.45, 7) is 2.73. The van der Waals surface area contributed by atoms with Crippen molar-refractivity contribution in [1.29, 1.82) is 0 Å². The van der Waals surface area contributed by atoms with Crippen LogP contribution >= 0.6 is 7.26 Å². The van der Waals surface area contributed by atoms with Crippen molar-refractivity contribution in [2.45, 2.75) is 6.92 Å². The molecule has 3 heteroatoms. The molecule has 4 rings (SSSR count). The second kappa shape index (κ2) is 9.64. The van der Waals surface area contributed by atoms with E-state index in [9.17, 15) is 5.11 Å². The van der Waals surface area contributed by atoms with E-state index in [0.717, 1.165) is 5.69 Å². The average Bonchev–Trinajstić information content (AvgIpc) is 2.85. The third kappa shape index (κ3) is 4.26. The summed E-state index contributed by atoms with van der Waals surface area (Å²) in [6.07, 6.45) is 0. The van der Waals surface area contributed by atoms with Gasteiger partial charge in [0.15, 0.2) is 0 Å². The molecule has 1 N–H and O–H groups in total. The van der Waals surface area contributed by atoms with Gasteiger partial charge in [0.1, 0.15) is 29.0 Å². The minimum absolute atomic E-state index is 0.276. The molecule has 31 heavy (non-hydrogen) atoms. The van der Waals surface area contributed by atoms with Gasteiger partial charge < -0.3 is 10.0 Å². The van der Waals surface area contributed by atoms with Gasteiger partial charge >= 0.3 is 0 Å². The molecule has 0 heterocycles. The summed E-state index contributed by atoms with van der Waals surface area (Å²) in [5, 5.41) is 15.1. The van der Waals surface area contributed by atoms with Crippen LogP contribution in [0, 0.1) is 0 Å². The number of aliphatic hydroxyl groups excluding tert-OH is 1. The molecule has 0 amide bonds. The smallest absolute Gasteiger partial charge is 0.228 e. The molecule has 0 atom stereocenters. The van der Waals surface area contributed by atoms with Crippen LogP contribution in [0.2, 0.25) is 0 Å². The van der Waals surface area contributed by atoms with E-state index in [4.69, 9.17) is 0 Å². The maximum absolute atomic E-state index is 11.5. The summed E-state index contributed by atoms with van der Waals surface area (Å²) in [5.41, 5.74) is 0.978. The van der Waals surface area contributed by atoms with Crippen molar-refractivity contribution in [2.24, 2.45) is 0 Å². The fourth-order valence-electron chi connectivity index (χ4n) is 3.99. The predicted molar refractivity (Wildman–Crippen MR) is 135 cm³/mol. The second-order valence-corrected chi connectivity index (χ2v) is 10.5. The highest BCUT2D eigenvalue weighted by Crippen LogP contribution is 2.57. The Labute approximate surface area is 185 Å². The first-order valence-electron chi connectivity index (χ1n) is 10.6. The summed E-state index contributed by atoms with van der Waals surface area (Å²) in [4.78, 5) is 1.96. The maximum Gasteiger partial charge on any atom is 0.228 e. The van der Waals surface area contributed by atoms with E-state index in [1.165, 1.54) is 15.9 Å².